The lowest BCUT2D eigenvalue weighted by atomic mass is 10.2. The maximum absolute atomic E-state index is 11.9. The van der Waals surface area contributed by atoms with Gasteiger partial charge in [-0.3, -0.25) is 25.2 Å². The van der Waals surface area contributed by atoms with Crippen molar-refractivity contribution in [3.8, 4) is 0 Å². The van der Waals surface area contributed by atoms with E-state index in [4.69, 9.17) is 0 Å². The lowest BCUT2D eigenvalue weighted by Crippen LogP contribution is -2.50. The van der Waals surface area contributed by atoms with E-state index in [0.717, 1.165) is 5.69 Å². The van der Waals surface area contributed by atoms with Crippen LogP contribution in [0.3, 0.4) is 0 Å². The van der Waals surface area contributed by atoms with Crippen LogP contribution in [0, 0.1) is 0 Å². The van der Waals surface area contributed by atoms with E-state index in [2.05, 4.69) is 16.2 Å². The van der Waals surface area contributed by atoms with Crippen molar-refractivity contribution in [2.24, 2.45) is 0 Å². The summed E-state index contributed by atoms with van der Waals surface area (Å²) in [7, 11) is 3.74. The van der Waals surface area contributed by atoms with Crippen molar-refractivity contribution in [2.75, 3.05) is 19.0 Å². The minimum Gasteiger partial charge on any atom is -0.378 e. The van der Waals surface area contributed by atoms with Crippen molar-refractivity contribution in [3.05, 3.63) is 29.8 Å². The fraction of sp³-hybridized carbons (Fsp3) is 0.357. The highest BCUT2D eigenvalue weighted by atomic mass is 16.2. The van der Waals surface area contributed by atoms with Crippen molar-refractivity contribution in [2.45, 2.75) is 19.9 Å². The van der Waals surface area contributed by atoms with Gasteiger partial charge >= 0.3 is 0 Å². The zero-order valence-corrected chi connectivity index (χ0v) is 12.6. The third-order valence-corrected chi connectivity index (χ3v) is 2.74. The smallest absolute Gasteiger partial charge is 0.269 e. The minimum absolute atomic E-state index is 0.317. The largest absolute Gasteiger partial charge is 0.378 e. The summed E-state index contributed by atoms with van der Waals surface area (Å²) in [5.41, 5.74) is 5.88. The maximum Gasteiger partial charge on any atom is 0.269 e. The Morgan fingerprint density at radius 2 is 1.81 bits per heavy atom. The molecule has 1 atom stereocenters. The van der Waals surface area contributed by atoms with E-state index >= 15 is 0 Å². The molecule has 0 aliphatic carbocycles. The van der Waals surface area contributed by atoms with Crippen LogP contribution in [-0.2, 0) is 9.59 Å². The van der Waals surface area contributed by atoms with Crippen LogP contribution < -0.4 is 21.1 Å². The highest BCUT2D eigenvalue weighted by Crippen LogP contribution is 2.12. The molecule has 0 aromatic heterocycles. The van der Waals surface area contributed by atoms with E-state index in [9.17, 15) is 14.4 Å². The predicted molar refractivity (Wildman–Crippen MR) is 79.7 cm³/mol. The van der Waals surface area contributed by atoms with E-state index in [1.54, 1.807) is 18.2 Å². The third-order valence-electron chi connectivity index (χ3n) is 2.74. The van der Waals surface area contributed by atoms with E-state index in [-0.39, 0.29) is 5.91 Å². The van der Waals surface area contributed by atoms with Gasteiger partial charge in [-0.15, -0.1) is 0 Å². The number of rotatable bonds is 4. The van der Waals surface area contributed by atoms with Gasteiger partial charge in [0, 0.05) is 32.3 Å². The minimum atomic E-state index is -0.726. The first kappa shape index (κ1) is 16.5. The normalized spacial score (nSPS) is 11.2. The second-order valence-electron chi connectivity index (χ2n) is 4.81. The molecule has 0 spiro atoms. The topological polar surface area (TPSA) is 90.5 Å². The molecule has 0 radical (unpaired) electrons. The van der Waals surface area contributed by atoms with Gasteiger partial charge < -0.3 is 10.2 Å². The van der Waals surface area contributed by atoms with E-state index < -0.39 is 17.9 Å². The summed E-state index contributed by atoms with van der Waals surface area (Å²) in [6.45, 7) is 2.84. The van der Waals surface area contributed by atoms with E-state index in [0.29, 0.717) is 5.56 Å². The molecule has 0 aliphatic heterocycles. The molecule has 3 amide bonds. The van der Waals surface area contributed by atoms with Crippen LogP contribution in [0.25, 0.3) is 0 Å². The summed E-state index contributed by atoms with van der Waals surface area (Å²) in [4.78, 5) is 36.3. The average molecular weight is 292 g/mol. The second-order valence-corrected chi connectivity index (χ2v) is 4.81. The van der Waals surface area contributed by atoms with Gasteiger partial charge in [-0.05, 0) is 25.1 Å². The Labute approximate surface area is 123 Å². The number of benzene rings is 1. The number of hydrogen-bond acceptors (Lipinski definition) is 4. The van der Waals surface area contributed by atoms with Crippen molar-refractivity contribution in [3.63, 3.8) is 0 Å². The summed E-state index contributed by atoms with van der Waals surface area (Å²) in [5.74, 6) is -1.24. The van der Waals surface area contributed by atoms with Crippen LogP contribution in [0.15, 0.2) is 24.3 Å². The Morgan fingerprint density at radius 3 is 2.38 bits per heavy atom. The van der Waals surface area contributed by atoms with Crippen LogP contribution in [0.2, 0.25) is 0 Å². The van der Waals surface area contributed by atoms with E-state index in [1.807, 2.05) is 25.1 Å². The van der Waals surface area contributed by atoms with Gasteiger partial charge in [0.15, 0.2) is 0 Å². The fourth-order valence-corrected chi connectivity index (χ4v) is 1.59. The molecule has 0 bridgehead atoms. The highest BCUT2D eigenvalue weighted by Gasteiger charge is 2.14. The summed E-state index contributed by atoms with van der Waals surface area (Å²) in [6.07, 6.45) is 0. The Balaban J connectivity index is 2.59. The quantitative estimate of drug-likeness (QED) is 0.683. The van der Waals surface area contributed by atoms with Gasteiger partial charge in [0.2, 0.25) is 5.91 Å². The highest BCUT2D eigenvalue weighted by molar-refractivity contribution is 5.97. The second kappa shape index (κ2) is 7.28. The molecular weight excluding hydrogens is 272 g/mol. The molecule has 1 aromatic rings. The third kappa shape index (κ3) is 5.13. The van der Waals surface area contributed by atoms with Crippen molar-refractivity contribution in [1.82, 2.24) is 16.2 Å². The molecule has 7 nitrogen and oxygen atoms in total. The Kier molecular flexibility index (Phi) is 5.71. The number of hydrazine groups is 1. The summed E-state index contributed by atoms with van der Waals surface area (Å²) < 4.78 is 0. The molecule has 0 heterocycles. The monoisotopic (exact) mass is 292 g/mol. The SMILES string of the molecule is CC(=O)NC(C)C(=O)NNC(=O)c1cccc(N(C)C)c1. The Bertz CT molecular complexity index is 543. The molecule has 21 heavy (non-hydrogen) atoms. The number of amides is 3. The molecule has 1 rings (SSSR count). The number of carbonyl (C=O) groups excluding carboxylic acids is 3. The number of anilines is 1. The van der Waals surface area contributed by atoms with Gasteiger partial charge in [0.1, 0.15) is 6.04 Å². The lowest BCUT2D eigenvalue weighted by Gasteiger charge is -2.15. The number of carbonyl (C=O) groups is 3. The van der Waals surface area contributed by atoms with Crippen LogP contribution in [0.5, 0.6) is 0 Å². The standard InChI is InChI=1S/C14H20N4O3/c1-9(15-10(2)19)13(20)16-17-14(21)11-6-5-7-12(8-11)18(3)4/h5-9H,1-4H3,(H,15,19)(H,16,20)(H,17,21). The molecule has 0 saturated heterocycles. The Hall–Kier alpha value is -2.57. The average Bonchev–Trinajstić information content (AvgIpc) is 2.43. The molecule has 0 aliphatic rings. The summed E-state index contributed by atoms with van der Waals surface area (Å²) >= 11 is 0. The van der Waals surface area contributed by atoms with Gasteiger partial charge in [0.05, 0.1) is 0 Å². The van der Waals surface area contributed by atoms with Gasteiger partial charge in [-0.2, -0.15) is 0 Å². The maximum atomic E-state index is 11.9. The number of nitrogens with one attached hydrogen (secondary N) is 3. The van der Waals surface area contributed by atoms with Gasteiger partial charge in [-0.1, -0.05) is 6.07 Å². The summed E-state index contributed by atoms with van der Waals surface area (Å²) in [6, 6.07) is 6.25. The first-order valence-electron chi connectivity index (χ1n) is 6.46. The first-order chi connectivity index (χ1) is 9.81. The Morgan fingerprint density at radius 1 is 1.14 bits per heavy atom. The predicted octanol–water partition coefficient (Wildman–Crippen LogP) is 0.0382. The molecule has 1 aromatic carbocycles. The van der Waals surface area contributed by atoms with Crippen LogP contribution in [0.4, 0.5) is 5.69 Å². The summed E-state index contributed by atoms with van der Waals surface area (Å²) in [5, 5.41) is 2.42. The van der Waals surface area contributed by atoms with Crippen LogP contribution >= 0.6 is 0 Å². The molecule has 7 heteroatoms. The van der Waals surface area contributed by atoms with Gasteiger partial charge in [-0.25, -0.2) is 0 Å². The zero-order chi connectivity index (χ0) is 16.0. The van der Waals surface area contributed by atoms with E-state index in [1.165, 1.54) is 13.8 Å². The van der Waals surface area contributed by atoms with Crippen molar-refractivity contribution >= 4 is 23.4 Å². The molecule has 3 N–H and O–H groups in total. The fourth-order valence-electron chi connectivity index (χ4n) is 1.59. The van der Waals surface area contributed by atoms with Crippen LogP contribution in [-0.4, -0.2) is 37.9 Å². The molecular formula is C14H20N4O3. The zero-order valence-electron chi connectivity index (χ0n) is 12.6. The molecule has 1 unspecified atom stereocenters. The molecule has 114 valence electrons. The van der Waals surface area contributed by atoms with Gasteiger partial charge in [0.25, 0.3) is 11.8 Å². The number of nitrogens with zero attached hydrogens (tertiary/aromatic N) is 1. The number of hydrogen-bond donors (Lipinski definition) is 3. The lowest BCUT2D eigenvalue weighted by molar-refractivity contribution is -0.128. The van der Waals surface area contributed by atoms with Crippen molar-refractivity contribution < 1.29 is 14.4 Å². The molecule has 0 saturated carbocycles. The molecule has 0 fully saturated rings. The first-order valence-corrected chi connectivity index (χ1v) is 6.46. The van der Waals surface area contributed by atoms with Crippen LogP contribution in [0.1, 0.15) is 24.2 Å². The van der Waals surface area contributed by atoms with Crippen molar-refractivity contribution in [1.29, 1.82) is 0 Å².